The highest BCUT2D eigenvalue weighted by Gasteiger charge is 2.36. The fraction of sp³-hybridized carbons (Fsp3) is 0.0545. The van der Waals surface area contributed by atoms with Gasteiger partial charge in [-0.1, -0.05) is 153 Å². The van der Waals surface area contributed by atoms with Crippen LogP contribution in [0, 0.1) is 0 Å². The first kappa shape index (κ1) is 33.2. The Morgan fingerprint density at radius 2 is 0.879 bits per heavy atom. The van der Waals surface area contributed by atoms with Gasteiger partial charge in [-0.05, 0) is 108 Å². The van der Waals surface area contributed by atoms with E-state index in [0.717, 1.165) is 21.8 Å². The van der Waals surface area contributed by atoms with Crippen molar-refractivity contribution in [2.24, 2.45) is 0 Å². The summed E-state index contributed by atoms with van der Waals surface area (Å²) in [6, 6.07) is 62.9. The first-order chi connectivity index (χ1) is 28.5. The number of aromatic nitrogens is 2. The van der Waals surface area contributed by atoms with E-state index in [1.54, 1.807) is 12.4 Å². The summed E-state index contributed by atoms with van der Waals surface area (Å²) in [5.41, 5.74) is 17.0. The Balaban J connectivity index is 0.863. The summed E-state index contributed by atoms with van der Waals surface area (Å²) in [7, 11) is 0. The number of rotatable bonds is 4. The van der Waals surface area contributed by atoms with Gasteiger partial charge < -0.3 is 0 Å². The Labute approximate surface area is 340 Å². The van der Waals surface area contributed by atoms with Crippen LogP contribution < -0.4 is 0 Å². The quantitative estimate of drug-likeness (QED) is 0.167. The molecular weight excluding hydrogens is 721 g/mol. The van der Waals surface area contributed by atoms with Crippen molar-refractivity contribution in [2.75, 3.05) is 0 Å². The molecule has 0 unspecified atom stereocenters. The second kappa shape index (κ2) is 12.5. The number of hydrogen-bond donors (Lipinski definition) is 0. The molecule has 0 bridgehead atoms. The molecule has 2 nitrogen and oxygen atoms in total. The average Bonchev–Trinajstić information content (AvgIpc) is 3.78. The standard InChI is InChI=1S/C55H36N2S/c1-55(2)49-31-38(22-25-43(49)44-26-23-39(32-50(44)55)40-14-8-15-47-45-12-5-6-16-51(45)58-54(40)47)36-10-7-9-35(29-36)33-17-19-34(20-18-33)37-21-24-42-41-11-3-4-13-46(41)52-53(48(42)30-37)57-28-27-56-52/h3-32H,1-2H3. The molecule has 0 atom stereocenters. The number of nitrogens with zero attached hydrogens (tertiary/aromatic N) is 2. The Bertz CT molecular complexity index is 3450. The molecule has 12 rings (SSSR count). The molecular formula is C55H36N2S. The average molecular weight is 757 g/mol. The Morgan fingerprint density at radius 3 is 1.64 bits per heavy atom. The molecule has 1 aliphatic rings. The summed E-state index contributed by atoms with van der Waals surface area (Å²) in [4.78, 5) is 9.52. The van der Waals surface area contributed by atoms with Crippen LogP contribution in [-0.4, -0.2) is 9.97 Å². The van der Waals surface area contributed by atoms with E-state index in [0.29, 0.717) is 0 Å². The molecule has 0 amide bonds. The second-order valence-corrected chi connectivity index (χ2v) is 17.2. The summed E-state index contributed by atoms with van der Waals surface area (Å²) in [6.07, 6.45) is 3.57. The van der Waals surface area contributed by atoms with Crippen LogP contribution in [0.3, 0.4) is 0 Å². The van der Waals surface area contributed by atoms with E-state index in [1.807, 2.05) is 11.3 Å². The van der Waals surface area contributed by atoms with Crippen molar-refractivity contribution in [2.45, 2.75) is 19.3 Å². The molecule has 58 heavy (non-hydrogen) atoms. The fourth-order valence-electron chi connectivity index (χ4n) is 9.60. The molecule has 0 fully saturated rings. The molecule has 11 aromatic rings. The van der Waals surface area contributed by atoms with Gasteiger partial charge in [0.15, 0.2) is 0 Å². The largest absolute Gasteiger partial charge is 0.252 e. The molecule has 2 aromatic heterocycles. The van der Waals surface area contributed by atoms with Gasteiger partial charge in [0, 0.05) is 48.8 Å². The monoisotopic (exact) mass is 756 g/mol. The first-order valence-corrected chi connectivity index (χ1v) is 20.8. The molecule has 0 saturated carbocycles. The normalized spacial score (nSPS) is 13.1. The van der Waals surface area contributed by atoms with E-state index in [9.17, 15) is 0 Å². The lowest BCUT2D eigenvalue weighted by molar-refractivity contribution is 0.661. The minimum atomic E-state index is -0.132. The minimum absolute atomic E-state index is 0.132. The van der Waals surface area contributed by atoms with Crippen molar-refractivity contribution in [3.63, 3.8) is 0 Å². The van der Waals surface area contributed by atoms with Crippen molar-refractivity contribution in [1.82, 2.24) is 9.97 Å². The van der Waals surface area contributed by atoms with Crippen LogP contribution in [0.25, 0.3) is 108 Å². The number of benzene rings is 9. The smallest absolute Gasteiger partial charge is 0.0971 e. The predicted molar refractivity (Wildman–Crippen MR) is 247 cm³/mol. The first-order valence-electron chi connectivity index (χ1n) is 20.0. The second-order valence-electron chi connectivity index (χ2n) is 16.1. The van der Waals surface area contributed by atoms with E-state index in [-0.39, 0.29) is 5.41 Å². The maximum atomic E-state index is 4.79. The van der Waals surface area contributed by atoms with Crippen LogP contribution >= 0.6 is 11.3 Å². The Hall–Kier alpha value is -6.94. The summed E-state index contributed by atoms with van der Waals surface area (Å²) >= 11 is 1.90. The van der Waals surface area contributed by atoms with Crippen molar-refractivity contribution in [3.05, 3.63) is 193 Å². The molecule has 0 aliphatic heterocycles. The van der Waals surface area contributed by atoms with Crippen LogP contribution in [0.1, 0.15) is 25.0 Å². The van der Waals surface area contributed by atoms with E-state index in [4.69, 9.17) is 9.97 Å². The van der Waals surface area contributed by atoms with Gasteiger partial charge in [-0.3, -0.25) is 9.97 Å². The number of hydrogen-bond acceptors (Lipinski definition) is 3. The maximum absolute atomic E-state index is 4.79. The zero-order valence-electron chi connectivity index (χ0n) is 32.1. The Morgan fingerprint density at radius 1 is 0.362 bits per heavy atom. The zero-order valence-corrected chi connectivity index (χ0v) is 32.9. The van der Waals surface area contributed by atoms with Crippen LogP contribution in [0.4, 0.5) is 0 Å². The molecule has 0 N–H and O–H groups in total. The zero-order chi connectivity index (χ0) is 38.5. The van der Waals surface area contributed by atoms with Gasteiger partial charge in [-0.2, -0.15) is 0 Å². The van der Waals surface area contributed by atoms with Gasteiger partial charge in [0.25, 0.3) is 0 Å². The third kappa shape index (κ3) is 4.97. The SMILES string of the molecule is CC1(C)c2cc(-c3cccc(-c4ccc(-c5ccc6c7ccccc7c7nccnc7c6c5)cc4)c3)ccc2-c2ccc(-c3cccc4c3sc3ccccc34)cc21. The third-order valence-corrected chi connectivity index (χ3v) is 13.8. The van der Waals surface area contributed by atoms with Crippen LogP contribution in [0.5, 0.6) is 0 Å². The lowest BCUT2D eigenvalue weighted by atomic mass is 9.80. The highest BCUT2D eigenvalue weighted by atomic mass is 32.1. The van der Waals surface area contributed by atoms with Crippen LogP contribution in [-0.2, 0) is 5.41 Å². The van der Waals surface area contributed by atoms with E-state index < -0.39 is 0 Å². The lowest BCUT2D eigenvalue weighted by Gasteiger charge is -2.23. The van der Waals surface area contributed by atoms with Gasteiger partial charge in [-0.15, -0.1) is 11.3 Å². The summed E-state index contributed by atoms with van der Waals surface area (Å²) in [6.45, 7) is 4.77. The molecule has 0 radical (unpaired) electrons. The fourth-order valence-corrected chi connectivity index (χ4v) is 10.8. The van der Waals surface area contributed by atoms with E-state index in [1.165, 1.54) is 97.7 Å². The summed E-state index contributed by atoms with van der Waals surface area (Å²) in [5.74, 6) is 0. The number of fused-ring (bicyclic) bond motifs is 12. The van der Waals surface area contributed by atoms with Crippen molar-refractivity contribution in [3.8, 4) is 55.6 Å². The molecule has 9 aromatic carbocycles. The van der Waals surface area contributed by atoms with Gasteiger partial charge in [-0.25, -0.2) is 0 Å². The molecule has 2 heterocycles. The topological polar surface area (TPSA) is 25.8 Å². The number of thiophene rings is 1. The van der Waals surface area contributed by atoms with Gasteiger partial charge >= 0.3 is 0 Å². The molecule has 0 saturated heterocycles. The summed E-state index contributed by atoms with van der Waals surface area (Å²) in [5, 5.41) is 7.35. The van der Waals surface area contributed by atoms with Crippen molar-refractivity contribution >= 4 is 64.1 Å². The summed E-state index contributed by atoms with van der Waals surface area (Å²) < 4.78 is 2.70. The maximum Gasteiger partial charge on any atom is 0.0971 e. The molecule has 1 aliphatic carbocycles. The van der Waals surface area contributed by atoms with Gasteiger partial charge in [0.05, 0.1) is 11.0 Å². The van der Waals surface area contributed by atoms with E-state index in [2.05, 4.69) is 184 Å². The molecule has 3 heteroatoms. The minimum Gasteiger partial charge on any atom is -0.252 e. The van der Waals surface area contributed by atoms with Crippen molar-refractivity contribution < 1.29 is 0 Å². The highest BCUT2D eigenvalue weighted by molar-refractivity contribution is 7.26. The highest BCUT2D eigenvalue weighted by Crippen LogP contribution is 2.51. The van der Waals surface area contributed by atoms with Gasteiger partial charge in [0.1, 0.15) is 0 Å². The third-order valence-electron chi connectivity index (χ3n) is 12.6. The lowest BCUT2D eigenvalue weighted by Crippen LogP contribution is -2.15. The molecule has 272 valence electrons. The van der Waals surface area contributed by atoms with E-state index >= 15 is 0 Å². The van der Waals surface area contributed by atoms with Gasteiger partial charge in [0.2, 0.25) is 0 Å². The predicted octanol–water partition coefficient (Wildman–Crippen LogP) is 15.3. The van der Waals surface area contributed by atoms with Crippen LogP contribution in [0.15, 0.2) is 182 Å². The van der Waals surface area contributed by atoms with Crippen LogP contribution in [0.2, 0.25) is 0 Å². The Kier molecular flexibility index (Phi) is 7.18. The molecule has 0 spiro atoms. The van der Waals surface area contributed by atoms with Crippen molar-refractivity contribution in [1.29, 1.82) is 0 Å².